The molecule has 0 aromatic carbocycles. The summed E-state index contributed by atoms with van der Waals surface area (Å²) in [4.78, 5) is 9.87. The number of nitriles is 1. The Bertz CT molecular complexity index is 313. The number of hydrogen-bond acceptors (Lipinski definition) is 3. The van der Waals surface area contributed by atoms with Gasteiger partial charge in [-0.05, 0) is 51.4 Å². The summed E-state index contributed by atoms with van der Waals surface area (Å²) in [6.07, 6.45) is 14.3. The molecule has 0 spiro atoms. The van der Waals surface area contributed by atoms with E-state index in [4.69, 9.17) is 5.26 Å². The molecule has 0 aliphatic heterocycles. The van der Waals surface area contributed by atoms with Crippen molar-refractivity contribution in [1.82, 2.24) is 0 Å². The molecule has 0 aromatic rings. The Hall–Kier alpha value is -0.621. The maximum Gasteiger partial charge on any atom is 2.00 e. The van der Waals surface area contributed by atoms with Crippen molar-refractivity contribution in [3.8, 4) is 6.07 Å². The zero-order valence-corrected chi connectivity index (χ0v) is 11.2. The molecule has 0 amide bonds. The van der Waals surface area contributed by atoms with E-state index in [2.05, 4.69) is 6.58 Å². The molecule has 19 heavy (non-hydrogen) atoms. The average molecular weight is 295 g/mol. The minimum atomic E-state index is -0.838. The summed E-state index contributed by atoms with van der Waals surface area (Å²) in [6, 6.07) is 1.81. The number of aldehydes is 1. The molecule has 0 bridgehead atoms. The third-order valence-corrected chi connectivity index (χ3v) is 2.30. The molecule has 2 saturated carbocycles. The second-order valence-electron chi connectivity index (χ2n) is 3.59. The van der Waals surface area contributed by atoms with Crippen LogP contribution >= 0.6 is 0 Å². The Morgan fingerprint density at radius 2 is 1.68 bits per heavy atom. The standard InChI is InChI=1S/C9H8NO.C6H5O.Fe/c1-7(6-10)9(11)8-4-2-3-5-8;7-5-6-3-1-2-4-6;/h2-5,9,11H,1H2;1-5H;/q;;+2. The molecule has 10 radical (unpaired) electrons. The van der Waals surface area contributed by atoms with Crippen LogP contribution in [-0.4, -0.2) is 17.5 Å². The number of carbonyl (C=O) groups is 1. The molecule has 4 heteroatoms. The van der Waals surface area contributed by atoms with Crippen molar-refractivity contribution in [3.63, 3.8) is 0 Å². The predicted molar refractivity (Wildman–Crippen MR) is 67.7 cm³/mol. The maximum absolute atomic E-state index is 9.87. The van der Waals surface area contributed by atoms with Crippen molar-refractivity contribution < 1.29 is 27.0 Å². The molecule has 0 heterocycles. The van der Waals surface area contributed by atoms with Crippen LogP contribution in [0.1, 0.15) is 0 Å². The number of nitrogens with zero attached hydrogens (tertiary/aromatic N) is 1. The molecule has 1 unspecified atom stereocenters. The molecule has 0 aromatic heterocycles. The van der Waals surface area contributed by atoms with E-state index in [1.54, 1.807) is 25.7 Å². The quantitative estimate of drug-likeness (QED) is 0.486. The fourth-order valence-corrected chi connectivity index (χ4v) is 1.30. The van der Waals surface area contributed by atoms with Gasteiger partial charge in [-0.15, -0.1) is 0 Å². The zero-order valence-electron chi connectivity index (χ0n) is 10.1. The molecule has 1 N–H and O–H groups in total. The number of hydrogen-bond donors (Lipinski definition) is 1. The van der Waals surface area contributed by atoms with Crippen molar-refractivity contribution in [2.45, 2.75) is 6.10 Å². The van der Waals surface area contributed by atoms with E-state index in [1.807, 2.05) is 31.8 Å². The summed E-state index contributed by atoms with van der Waals surface area (Å²) in [6.45, 7) is 3.42. The molecule has 3 nitrogen and oxygen atoms in total. The Labute approximate surface area is 126 Å². The first kappa shape index (κ1) is 18.4. The minimum absolute atomic E-state index is 0. The van der Waals surface area contributed by atoms with Gasteiger partial charge in [0.2, 0.25) is 0 Å². The van der Waals surface area contributed by atoms with E-state index in [-0.39, 0.29) is 22.6 Å². The number of carbonyl (C=O) groups excluding carboxylic acids is 1. The van der Waals surface area contributed by atoms with Crippen LogP contribution in [-0.2, 0) is 21.9 Å². The van der Waals surface area contributed by atoms with Gasteiger partial charge in [0.1, 0.15) is 6.29 Å². The minimum Gasteiger partial charge on any atom is -0.387 e. The van der Waals surface area contributed by atoms with Crippen molar-refractivity contribution in [1.29, 1.82) is 5.26 Å². The second-order valence-corrected chi connectivity index (χ2v) is 3.59. The molecule has 2 aliphatic carbocycles. The van der Waals surface area contributed by atoms with Crippen LogP contribution in [0.2, 0.25) is 0 Å². The predicted octanol–water partition coefficient (Wildman–Crippen LogP) is 1.42. The van der Waals surface area contributed by atoms with Crippen LogP contribution < -0.4 is 0 Å². The van der Waals surface area contributed by atoms with Gasteiger partial charge >= 0.3 is 17.1 Å². The van der Waals surface area contributed by atoms with Crippen LogP contribution in [0.4, 0.5) is 0 Å². The first-order valence-electron chi connectivity index (χ1n) is 5.34. The molecule has 2 rings (SSSR count). The number of aliphatic hydroxyl groups is 1. The van der Waals surface area contributed by atoms with Gasteiger partial charge < -0.3 is 9.90 Å². The van der Waals surface area contributed by atoms with Crippen molar-refractivity contribution in [2.75, 3.05) is 0 Å². The first-order valence-corrected chi connectivity index (χ1v) is 5.34. The van der Waals surface area contributed by atoms with Gasteiger partial charge in [-0.2, -0.15) is 5.26 Å². The number of rotatable bonds is 3. The van der Waals surface area contributed by atoms with Gasteiger partial charge in [-0.25, -0.2) is 0 Å². The van der Waals surface area contributed by atoms with E-state index in [1.165, 1.54) is 0 Å². The fourth-order valence-electron chi connectivity index (χ4n) is 1.30. The smallest absolute Gasteiger partial charge is 0.387 e. The van der Waals surface area contributed by atoms with E-state index in [9.17, 15) is 9.90 Å². The normalized spacial score (nSPS) is 20.6. The molecule has 2 aliphatic rings. The van der Waals surface area contributed by atoms with Crippen molar-refractivity contribution in [3.05, 3.63) is 75.4 Å². The molecule has 1 atom stereocenters. The summed E-state index contributed by atoms with van der Waals surface area (Å²) < 4.78 is 0. The molecular weight excluding hydrogens is 282 g/mol. The van der Waals surface area contributed by atoms with E-state index in [0.717, 1.165) is 18.1 Å². The Kier molecular flexibility index (Phi) is 9.87. The van der Waals surface area contributed by atoms with Gasteiger partial charge in [-0.1, -0.05) is 6.58 Å². The SMILES string of the molecule is C=C(C#N)C(O)[C]1[CH][CH][CH][CH]1.O=C[C]1[CH][CH][CH][CH]1.[Fe+2]. The fraction of sp³-hybridized carbons (Fsp3) is 0.0667. The van der Waals surface area contributed by atoms with Gasteiger partial charge in [0.15, 0.2) is 0 Å². The van der Waals surface area contributed by atoms with Crippen LogP contribution in [0.25, 0.3) is 0 Å². The summed E-state index contributed by atoms with van der Waals surface area (Å²) in [5, 5.41) is 17.8. The van der Waals surface area contributed by atoms with Gasteiger partial charge in [0, 0.05) is 11.8 Å². The third kappa shape index (κ3) is 6.38. The second kappa shape index (κ2) is 10.2. The Balaban J connectivity index is 0.000000352. The third-order valence-electron chi connectivity index (χ3n) is 2.30. The summed E-state index contributed by atoms with van der Waals surface area (Å²) >= 11 is 0. The average Bonchev–Trinajstić information content (AvgIpc) is 3.09. The summed E-state index contributed by atoms with van der Waals surface area (Å²) in [5.41, 5.74) is 0.177. The van der Waals surface area contributed by atoms with Crippen molar-refractivity contribution in [2.24, 2.45) is 0 Å². The van der Waals surface area contributed by atoms with E-state index < -0.39 is 6.10 Å². The van der Waals surface area contributed by atoms with E-state index >= 15 is 0 Å². The molecule has 0 saturated heterocycles. The topological polar surface area (TPSA) is 61.1 Å². The van der Waals surface area contributed by atoms with Crippen LogP contribution in [0, 0.1) is 74.5 Å². The van der Waals surface area contributed by atoms with Crippen molar-refractivity contribution >= 4 is 6.29 Å². The zero-order chi connectivity index (χ0) is 13.4. The maximum atomic E-state index is 9.87. The monoisotopic (exact) mass is 295 g/mol. The van der Waals surface area contributed by atoms with Crippen LogP contribution in [0.15, 0.2) is 12.2 Å². The first-order chi connectivity index (χ1) is 8.69. The number of aliphatic hydroxyl groups excluding tert-OH is 1. The van der Waals surface area contributed by atoms with Gasteiger partial charge in [0.25, 0.3) is 0 Å². The Morgan fingerprint density at radius 1 is 1.21 bits per heavy atom. The summed E-state index contributed by atoms with van der Waals surface area (Å²) in [7, 11) is 0. The molecule has 2 fully saturated rings. The molecular formula is C15H13FeNO2+2. The van der Waals surface area contributed by atoms with Crippen LogP contribution in [0.3, 0.4) is 0 Å². The van der Waals surface area contributed by atoms with Gasteiger partial charge in [-0.3, -0.25) is 0 Å². The Morgan fingerprint density at radius 3 is 2.05 bits per heavy atom. The van der Waals surface area contributed by atoms with Gasteiger partial charge in [0.05, 0.1) is 17.7 Å². The van der Waals surface area contributed by atoms with Crippen LogP contribution in [0.5, 0.6) is 0 Å². The van der Waals surface area contributed by atoms with E-state index in [0.29, 0.717) is 0 Å². The largest absolute Gasteiger partial charge is 2.00 e. The molecule has 96 valence electrons. The summed E-state index contributed by atoms with van der Waals surface area (Å²) in [5.74, 6) is 1.47.